The fraction of sp³-hybridized carbons (Fsp3) is 0.0667. The first-order valence-electron chi connectivity index (χ1n) is 5.99. The summed E-state index contributed by atoms with van der Waals surface area (Å²) >= 11 is 0. The van der Waals surface area contributed by atoms with Crippen LogP contribution in [0.5, 0.6) is 0 Å². The number of oxazole rings is 1. The number of aromatic nitrogens is 2. The number of aromatic amines is 1. The first kappa shape index (κ1) is 11.5. The molecule has 2 heterocycles. The van der Waals surface area contributed by atoms with Crippen molar-refractivity contribution in [2.24, 2.45) is 0 Å². The number of rotatable bonds is 3. The molecule has 94 valence electrons. The van der Waals surface area contributed by atoms with Crippen molar-refractivity contribution in [1.29, 1.82) is 0 Å². The van der Waals surface area contributed by atoms with Crippen LogP contribution in [0.25, 0.3) is 11.3 Å². The van der Waals surface area contributed by atoms with Crippen molar-refractivity contribution in [3.8, 4) is 11.3 Å². The van der Waals surface area contributed by atoms with Gasteiger partial charge < -0.3 is 9.40 Å². The van der Waals surface area contributed by atoms with Gasteiger partial charge in [-0.15, -0.1) is 0 Å². The molecule has 3 rings (SSSR count). The normalized spacial score (nSPS) is 10.5. The highest BCUT2D eigenvalue weighted by atomic mass is 16.3. The molecular formula is C15H12N2O2. The van der Waals surface area contributed by atoms with Gasteiger partial charge in [-0.25, -0.2) is 4.98 Å². The average molecular weight is 252 g/mol. The molecule has 1 N–H and O–H groups in total. The molecule has 3 aromatic rings. The van der Waals surface area contributed by atoms with E-state index in [4.69, 9.17) is 4.42 Å². The number of nitrogens with zero attached hydrogens (tertiary/aromatic N) is 1. The molecular weight excluding hydrogens is 240 g/mol. The molecule has 0 unspecified atom stereocenters. The quantitative estimate of drug-likeness (QED) is 0.779. The fourth-order valence-corrected chi connectivity index (χ4v) is 2.00. The van der Waals surface area contributed by atoms with E-state index < -0.39 is 0 Å². The molecule has 0 spiro atoms. The predicted molar refractivity (Wildman–Crippen MR) is 71.8 cm³/mol. The van der Waals surface area contributed by atoms with Crippen molar-refractivity contribution < 1.29 is 4.42 Å². The predicted octanol–water partition coefficient (Wildman–Crippen LogP) is 2.62. The summed E-state index contributed by atoms with van der Waals surface area (Å²) in [6.07, 6.45) is 3.61. The maximum Gasteiger partial charge on any atom is 0.259 e. The molecule has 2 aromatic heterocycles. The van der Waals surface area contributed by atoms with E-state index in [-0.39, 0.29) is 5.56 Å². The molecule has 0 aliphatic carbocycles. The van der Waals surface area contributed by atoms with Gasteiger partial charge in [-0.05, 0) is 17.7 Å². The largest absolute Gasteiger partial charge is 0.443 e. The zero-order chi connectivity index (χ0) is 13.1. The summed E-state index contributed by atoms with van der Waals surface area (Å²) in [5, 5.41) is 0. The van der Waals surface area contributed by atoms with Gasteiger partial charge in [0.15, 0.2) is 12.2 Å². The van der Waals surface area contributed by atoms with Crippen LogP contribution in [0.15, 0.2) is 64.3 Å². The highest BCUT2D eigenvalue weighted by Crippen LogP contribution is 2.21. The number of pyridine rings is 1. The highest BCUT2D eigenvalue weighted by molar-refractivity contribution is 5.58. The summed E-state index contributed by atoms with van der Waals surface area (Å²) in [7, 11) is 0. The van der Waals surface area contributed by atoms with Crippen molar-refractivity contribution in [2.45, 2.75) is 6.42 Å². The lowest BCUT2D eigenvalue weighted by atomic mass is 10.1. The van der Waals surface area contributed by atoms with E-state index >= 15 is 0 Å². The van der Waals surface area contributed by atoms with Crippen LogP contribution in [0.3, 0.4) is 0 Å². The van der Waals surface area contributed by atoms with Crippen LogP contribution in [0.1, 0.15) is 11.3 Å². The number of hydrogen-bond donors (Lipinski definition) is 1. The number of hydrogen-bond acceptors (Lipinski definition) is 3. The molecule has 4 heteroatoms. The maximum absolute atomic E-state index is 11.8. The zero-order valence-electron chi connectivity index (χ0n) is 10.2. The van der Waals surface area contributed by atoms with E-state index in [1.807, 2.05) is 30.3 Å². The van der Waals surface area contributed by atoms with Gasteiger partial charge in [-0.2, -0.15) is 0 Å². The smallest absolute Gasteiger partial charge is 0.259 e. The third-order valence-corrected chi connectivity index (χ3v) is 2.92. The summed E-state index contributed by atoms with van der Waals surface area (Å²) in [5.41, 5.74) is 2.23. The van der Waals surface area contributed by atoms with Crippen LogP contribution in [0.4, 0.5) is 0 Å². The van der Waals surface area contributed by atoms with Gasteiger partial charge in [0.05, 0.1) is 11.3 Å². The van der Waals surface area contributed by atoms with Crippen molar-refractivity contribution in [2.75, 3.05) is 0 Å². The molecule has 0 radical (unpaired) electrons. The Morgan fingerprint density at radius 3 is 2.74 bits per heavy atom. The van der Waals surface area contributed by atoms with E-state index in [1.54, 1.807) is 18.3 Å². The molecule has 1 aromatic carbocycles. The van der Waals surface area contributed by atoms with E-state index in [0.29, 0.717) is 17.7 Å². The van der Waals surface area contributed by atoms with Crippen LogP contribution in [-0.2, 0) is 6.42 Å². The summed E-state index contributed by atoms with van der Waals surface area (Å²) in [4.78, 5) is 18.6. The molecule has 0 aliphatic heterocycles. The third-order valence-electron chi connectivity index (χ3n) is 2.92. The fourth-order valence-electron chi connectivity index (χ4n) is 2.00. The highest BCUT2D eigenvalue weighted by Gasteiger charge is 2.13. The zero-order valence-corrected chi connectivity index (χ0v) is 10.2. The van der Waals surface area contributed by atoms with Gasteiger partial charge in [0.2, 0.25) is 0 Å². The monoisotopic (exact) mass is 252 g/mol. The lowest BCUT2D eigenvalue weighted by Crippen LogP contribution is -2.07. The van der Waals surface area contributed by atoms with E-state index in [0.717, 1.165) is 11.3 Å². The minimum absolute atomic E-state index is 0.173. The molecule has 0 bridgehead atoms. The van der Waals surface area contributed by atoms with Crippen LogP contribution in [0.2, 0.25) is 0 Å². The Balaban J connectivity index is 2.00. The van der Waals surface area contributed by atoms with E-state index in [9.17, 15) is 4.79 Å². The molecule has 4 nitrogen and oxygen atoms in total. The second-order valence-corrected chi connectivity index (χ2v) is 4.20. The lowest BCUT2D eigenvalue weighted by Gasteiger charge is -2.01. The Morgan fingerprint density at radius 2 is 1.95 bits per heavy atom. The number of H-pyrrole nitrogens is 1. The van der Waals surface area contributed by atoms with Crippen LogP contribution in [-0.4, -0.2) is 9.97 Å². The summed E-state index contributed by atoms with van der Waals surface area (Å²) in [5.74, 6) is 0.533. The first-order valence-corrected chi connectivity index (χ1v) is 5.99. The van der Waals surface area contributed by atoms with Gasteiger partial charge in [0.25, 0.3) is 5.56 Å². The Labute approximate surface area is 109 Å². The molecule has 0 saturated heterocycles. The average Bonchev–Trinajstić information content (AvgIpc) is 2.88. The number of nitrogens with one attached hydrogen (secondary N) is 1. The summed E-state index contributed by atoms with van der Waals surface area (Å²) in [6.45, 7) is 0. The van der Waals surface area contributed by atoms with Crippen LogP contribution < -0.4 is 5.56 Å². The Kier molecular flexibility index (Phi) is 2.98. The minimum atomic E-state index is -0.173. The van der Waals surface area contributed by atoms with Crippen molar-refractivity contribution >= 4 is 0 Å². The molecule has 0 aliphatic rings. The van der Waals surface area contributed by atoms with E-state index in [1.165, 1.54) is 6.39 Å². The SMILES string of the molecule is O=c1[nH]cccc1-c1ocnc1Cc1ccccc1. The maximum atomic E-state index is 11.8. The molecule has 0 fully saturated rings. The topological polar surface area (TPSA) is 58.9 Å². The Morgan fingerprint density at radius 1 is 1.11 bits per heavy atom. The van der Waals surface area contributed by atoms with Crippen LogP contribution in [0, 0.1) is 0 Å². The second kappa shape index (κ2) is 4.94. The molecule has 0 amide bonds. The third kappa shape index (κ3) is 2.33. The summed E-state index contributed by atoms with van der Waals surface area (Å²) < 4.78 is 5.37. The lowest BCUT2D eigenvalue weighted by molar-refractivity contribution is 0.570. The van der Waals surface area contributed by atoms with Crippen LogP contribution >= 0.6 is 0 Å². The van der Waals surface area contributed by atoms with Crippen molar-refractivity contribution in [1.82, 2.24) is 9.97 Å². The number of benzene rings is 1. The Hall–Kier alpha value is -2.62. The van der Waals surface area contributed by atoms with Gasteiger partial charge in [0, 0.05) is 12.6 Å². The standard InChI is InChI=1S/C15H12N2O2/c18-15-12(7-4-8-16-15)14-13(17-10-19-14)9-11-5-2-1-3-6-11/h1-8,10H,9H2,(H,16,18). The van der Waals surface area contributed by atoms with Crippen molar-refractivity contribution in [3.05, 3.63) is 76.7 Å². The second-order valence-electron chi connectivity index (χ2n) is 4.20. The molecule has 19 heavy (non-hydrogen) atoms. The molecule has 0 saturated carbocycles. The summed E-state index contributed by atoms with van der Waals surface area (Å²) in [6, 6.07) is 13.5. The Bertz CT molecular complexity index is 729. The van der Waals surface area contributed by atoms with E-state index in [2.05, 4.69) is 9.97 Å². The minimum Gasteiger partial charge on any atom is -0.443 e. The van der Waals surface area contributed by atoms with Gasteiger partial charge in [-0.3, -0.25) is 4.79 Å². The van der Waals surface area contributed by atoms with Gasteiger partial charge in [-0.1, -0.05) is 30.3 Å². The first-order chi connectivity index (χ1) is 9.34. The molecule has 0 atom stereocenters. The van der Waals surface area contributed by atoms with Crippen molar-refractivity contribution in [3.63, 3.8) is 0 Å². The van der Waals surface area contributed by atoms with Gasteiger partial charge in [0.1, 0.15) is 0 Å². The van der Waals surface area contributed by atoms with Gasteiger partial charge >= 0.3 is 0 Å².